The molecule has 0 aliphatic carbocycles. The number of nitrogens with one attached hydrogen (secondary N) is 2. The number of hydrogen-bond donors (Lipinski definition) is 2. The molecule has 0 saturated carbocycles. The highest BCUT2D eigenvalue weighted by Crippen LogP contribution is 2.22. The van der Waals surface area contributed by atoms with Crippen LogP contribution < -0.4 is 5.32 Å². The molecule has 6 heteroatoms. The standard InChI is InChI=1S/C13H15ClN4O/c1-3-4-11-16-12(18-17-11)13(19)15-10-6-5-8(2)7-9(10)14/h5-7H,3-4H2,1-2H3,(H,15,19)(H,16,17,18). The number of amides is 1. The van der Waals surface area contributed by atoms with Gasteiger partial charge in [0.2, 0.25) is 5.82 Å². The van der Waals surface area contributed by atoms with E-state index in [9.17, 15) is 4.79 Å². The molecule has 100 valence electrons. The molecule has 19 heavy (non-hydrogen) atoms. The minimum Gasteiger partial charge on any atom is -0.318 e. The van der Waals surface area contributed by atoms with Gasteiger partial charge in [0.05, 0.1) is 10.7 Å². The lowest BCUT2D eigenvalue weighted by Crippen LogP contribution is -2.14. The third-order valence-corrected chi connectivity index (χ3v) is 2.91. The first-order valence-electron chi connectivity index (χ1n) is 6.09. The van der Waals surface area contributed by atoms with Gasteiger partial charge in [0.1, 0.15) is 5.82 Å². The van der Waals surface area contributed by atoms with E-state index in [4.69, 9.17) is 11.6 Å². The fraction of sp³-hybridized carbons (Fsp3) is 0.308. The number of anilines is 1. The van der Waals surface area contributed by atoms with Gasteiger partial charge in [-0.05, 0) is 31.0 Å². The maximum atomic E-state index is 12.0. The summed E-state index contributed by atoms with van der Waals surface area (Å²) in [7, 11) is 0. The van der Waals surface area contributed by atoms with Crippen LogP contribution >= 0.6 is 11.6 Å². The van der Waals surface area contributed by atoms with Gasteiger partial charge in [-0.3, -0.25) is 9.89 Å². The average molecular weight is 279 g/mol. The van der Waals surface area contributed by atoms with E-state index >= 15 is 0 Å². The molecule has 0 bridgehead atoms. The molecular formula is C13H15ClN4O. The average Bonchev–Trinajstić information content (AvgIpc) is 2.82. The second-order valence-electron chi connectivity index (χ2n) is 4.29. The van der Waals surface area contributed by atoms with Gasteiger partial charge >= 0.3 is 0 Å². The van der Waals surface area contributed by atoms with E-state index in [1.807, 2.05) is 19.9 Å². The number of benzene rings is 1. The molecule has 1 amide bonds. The lowest BCUT2D eigenvalue weighted by molar-refractivity contribution is 0.101. The molecule has 1 heterocycles. The Bertz CT molecular complexity index is 594. The maximum Gasteiger partial charge on any atom is 0.295 e. The molecule has 1 aromatic heterocycles. The molecule has 0 spiro atoms. The molecule has 0 radical (unpaired) electrons. The van der Waals surface area contributed by atoms with Gasteiger partial charge in [0.25, 0.3) is 5.91 Å². The quantitative estimate of drug-likeness (QED) is 0.903. The Labute approximate surface area is 116 Å². The number of aromatic nitrogens is 3. The van der Waals surface area contributed by atoms with Crippen molar-refractivity contribution in [3.8, 4) is 0 Å². The predicted octanol–water partition coefficient (Wildman–Crippen LogP) is 2.97. The smallest absolute Gasteiger partial charge is 0.295 e. The van der Waals surface area contributed by atoms with Crippen LogP contribution in [0.4, 0.5) is 5.69 Å². The van der Waals surface area contributed by atoms with Gasteiger partial charge in [-0.1, -0.05) is 24.6 Å². The molecule has 2 aromatic rings. The number of rotatable bonds is 4. The second-order valence-corrected chi connectivity index (χ2v) is 4.70. The van der Waals surface area contributed by atoms with Gasteiger partial charge < -0.3 is 5.32 Å². The SMILES string of the molecule is CCCc1nc(C(=O)Nc2ccc(C)cc2Cl)n[nH]1. The number of halogens is 1. The third kappa shape index (κ3) is 3.32. The Balaban J connectivity index is 2.11. The number of carbonyl (C=O) groups excluding carboxylic acids is 1. The zero-order chi connectivity index (χ0) is 13.8. The maximum absolute atomic E-state index is 12.0. The molecule has 2 rings (SSSR count). The predicted molar refractivity (Wildman–Crippen MR) is 74.5 cm³/mol. The molecule has 0 aliphatic rings. The van der Waals surface area contributed by atoms with Gasteiger partial charge in [-0.15, -0.1) is 5.10 Å². The fourth-order valence-electron chi connectivity index (χ4n) is 1.65. The zero-order valence-corrected chi connectivity index (χ0v) is 11.6. The summed E-state index contributed by atoms with van der Waals surface area (Å²) in [5, 5.41) is 9.82. The van der Waals surface area contributed by atoms with E-state index in [0.717, 1.165) is 18.4 Å². The number of H-pyrrole nitrogens is 1. The summed E-state index contributed by atoms with van der Waals surface area (Å²) in [6.45, 7) is 3.97. The number of carbonyl (C=O) groups is 1. The number of nitrogens with zero attached hydrogens (tertiary/aromatic N) is 2. The zero-order valence-electron chi connectivity index (χ0n) is 10.8. The minimum atomic E-state index is -0.371. The third-order valence-electron chi connectivity index (χ3n) is 2.59. The molecule has 0 fully saturated rings. The van der Waals surface area contributed by atoms with E-state index in [0.29, 0.717) is 16.5 Å². The van der Waals surface area contributed by atoms with Crippen LogP contribution in [0.25, 0.3) is 0 Å². The number of hydrogen-bond acceptors (Lipinski definition) is 3. The lowest BCUT2D eigenvalue weighted by Gasteiger charge is -2.05. The Morgan fingerprint density at radius 1 is 1.47 bits per heavy atom. The van der Waals surface area contributed by atoms with Crippen molar-refractivity contribution in [3.05, 3.63) is 40.4 Å². The molecule has 0 saturated heterocycles. The van der Waals surface area contributed by atoms with E-state index in [2.05, 4.69) is 20.5 Å². The van der Waals surface area contributed by atoms with E-state index in [1.54, 1.807) is 12.1 Å². The number of aryl methyl sites for hydroxylation is 2. The molecule has 1 aromatic carbocycles. The largest absolute Gasteiger partial charge is 0.318 e. The number of aromatic amines is 1. The summed E-state index contributed by atoms with van der Waals surface area (Å²) < 4.78 is 0. The topological polar surface area (TPSA) is 70.7 Å². The molecule has 0 atom stereocenters. The van der Waals surface area contributed by atoms with Crippen LogP contribution in [0.2, 0.25) is 5.02 Å². The van der Waals surface area contributed by atoms with Crippen molar-refractivity contribution >= 4 is 23.2 Å². The first-order chi connectivity index (χ1) is 9.10. The van der Waals surface area contributed by atoms with Crippen LogP contribution in [-0.2, 0) is 6.42 Å². The monoisotopic (exact) mass is 278 g/mol. The fourth-order valence-corrected chi connectivity index (χ4v) is 1.93. The molecule has 5 nitrogen and oxygen atoms in total. The summed E-state index contributed by atoms with van der Waals surface area (Å²) in [5.41, 5.74) is 1.59. The molecular weight excluding hydrogens is 264 g/mol. The Kier molecular flexibility index (Phi) is 4.16. The summed E-state index contributed by atoms with van der Waals surface area (Å²) >= 11 is 6.05. The first-order valence-corrected chi connectivity index (χ1v) is 6.46. The van der Waals surface area contributed by atoms with Crippen LogP contribution in [-0.4, -0.2) is 21.1 Å². The summed E-state index contributed by atoms with van der Waals surface area (Å²) in [4.78, 5) is 16.1. The van der Waals surface area contributed by atoms with E-state index in [1.165, 1.54) is 0 Å². The highest BCUT2D eigenvalue weighted by molar-refractivity contribution is 6.33. The Morgan fingerprint density at radius 3 is 2.95 bits per heavy atom. The van der Waals surface area contributed by atoms with Crippen LogP contribution in [0.15, 0.2) is 18.2 Å². The van der Waals surface area contributed by atoms with Crippen molar-refractivity contribution < 1.29 is 4.79 Å². The minimum absolute atomic E-state index is 0.125. The highest BCUT2D eigenvalue weighted by Gasteiger charge is 2.13. The molecule has 0 aliphatic heterocycles. The van der Waals surface area contributed by atoms with Crippen molar-refractivity contribution in [2.75, 3.05) is 5.32 Å². The normalized spacial score (nSPS) is 10.5. The van der Waals surface area contributed by atoms with Crippen LogP contribution in [0.5, 0.6) is 0 Å². The van der Waals surface area contributed by atoms with Crippen molar-refractivity contribution in [1.82, 2.24) is 15.2 Å². The van der Waals surface area contributed by atoms with E-state index < -0.39 is 0 Å². The van der Waals surface area contributed by atoms with E-state index in [-0.39, 0.29) is 11.7 Å². The summed E-state index contributed by atoms with van der Waals surface area (Å²) in [6.07, 6.45) is 1.71. The van der Waals surface area contributed by atoms with Crippen molar-refractivity contribution in [2.24, 2.45) is 0 Å². The highest BCUT2D eigenvalue weighted by atomic mass is 35.5. The summed E-state index contributed by atoms with van der Waals surface area (Å²) in [6, 6.07) is 5.43. The lowest BCUT2D eigenvalue weighted by atomic mass is 10.2. The molecule has 2 N–H and O–H groups in total. The van der Waals surface area contributed by atoms with Gasteiger partial charge in [-0.2, -0.15) is 0 Å². The van der Waals surface area contributed by atoms with Crippen molar-refractivity contribution in [2.45, 2.75) is 26.7 Å². The van der Waals surface area contributed by atoms with Gasteiger partial charge in [0, 0.05) is 6.42 Å². The van der Waals surface area contributed by atoms with Crippen LogP contribution in [0, 0.1) is 6.92 Å². The van der Waals surface area contributed by atoms with Gasteiger partial charge in [0.15, 0.2) is 0 Å². The Morgan fingerprint density at radius 2 is 2.26 bits per heavy atom. The van der Waals surface area contributed by atoms with Crippen LogP contribution in [0.3, 0.4) is 0 Å². The Hall–Kier alpha value is -1.88. The van der Waals surface area contributed by atoms with Crippen LogP contribution in [0.1, 0.15) is 35.4 Å². The first kappa shape index (κ1) is 13.5. The second kappa shape index (κ2) is 5.84. The molecule has 0 unspecified atom stereocenters. The van der Waals surface area contributed by atoms with Crippen molar-refractivity contribution in [3.63, 3.8) is 0 Å². The van der Waals surface area contributed by atoms with Gasteiger partial charge in [-0.25, -0.2) is 4.98 Å². The van der Waals surface area contributed by atoms with Crippen molar-refractivity contribution in [1.29, 1.82) is 0 Å². The summed E-state index contributed by atoms with van der Waals surface area (Å²) in [5.74, 6) is 0.465.